The van der Waals surface area contributed by atoms with Crippen LogP contribution in [-0.2, 0) is 0 Å². The van der Waals surface area contributed by atoms with Gasteiger partial charge in [-0.25, -0.2) is 0 Å². The fourth-order valence-corrected chi connectivity index (χ4v) is 3.69. The Hall–Kier alpha value is -1.45. The lowest BCUT2D eigenvalue weighted by Crippen LogP contribution is -2.35. The van der Waals surface area contributed by atoms with Gasteiger partial charge in [0.2, 0.25) is 0 Å². The van der Waals surface area contributed by atoms with Crippen molar-refractivity contribution < 1.29 is 0 Å². The monoisotopic (exact) mass is 283 g/mol. The number of para-hydroxylation sites is 1. The van der Waals surface area contributed by atoms with Crippen LogP contribution in [0.1, 0.15) is 50.6 Å². The number of nitrogens with two attached hydrogens (primary N) is 1. The molecular formula is C18H25N3. The number of hydrogen-bond donors (Lipinski definition) is 2. The minimum atomic E-state index is 0.222. The van der Waals surface area contributed by atoms with E-state index in [-0.39, 0.29) is 6.04 Å². The minimum Gasteiger partial charge on any atom is -0.271 e. The Morgan fingerprint density at radius 3 is 2.71 bits per heavy atom. The average molecular weight is 283 g/mol. The predicted molar refractivity (Wildman–Crippen MR) is 87.5 cm³/mol. The van der Waals surface area contributed by atoms with Gasteiger partial charge in [-0.1, -0.05) is 44.4 Å². The van der Waals surface area contributed by atoms with Gasteiger partial charge in [0.1, 0.15) is 0 Å². The SMILES string of the molecule is CCC1CCC(C(NN)c2cnc3ccccc3c2)CC1. The summed E-state index contributed by atoms with van der Waals surface area (Å²) in [6.45, 7) is 2.30. The molecule has 3 heteroatoms. The van der Waals surface area contributed by atoms with E-state index >= 15 is 0 Å². The summed E-state index contributed by atoms with van der Waals surface area (Å²) in [5.74, 6) is 7.41. The predicted octanol–water partition coefficient (Wildman–Crippen LogP) is 3.96. The molecular weight excluding hydrogens is 258 g/mol. The molecule has 1 unspecified atom stereocenters. The van der Waals surface area contributed by atoms with Gasteiger partial charge in [0.15, 0.2) is 0 Å². The fraction of sp³-hybridized carbons (Fsp3) is 0.500. The molecule has 0 radical (unpaired) electrons. The molecule has 1 atom stereocenters. The quantitative estimate of drug-likeness (QED) is 0.659. The molecule has 1 fully saturated rings. The van der Waals surface area contributed by atoms with Crippen LogP contribution in [0.5, 0.6) is 0 Å². The molecule has 3 rings (SSSR count). The van der Waals surface area contributed by atoms with Crippen LogP contribution in [0.4, 0.5) is 0 Å². The maximum Gasteiger partial charge on any atom is 0.0702 e. The number of fused-ring (bicyclic) bond motifs is 1. The van der Waals surface area contributed by atoms with Gasteiger partial charge in [0.05, 0.1) is 11.6 Å². The van der Waals surface area contributed by atoms with E-state index < -0.39 is 0 Å². The van der Waals surface area contributed by atoms with Crippen molar-refractivity contribution in [3.8, 4) is 0 Å². The van der Waals surface area contributed by atoms with Gasteiger partial charge in [0, 0.05) is 11.6 Å². The molecule has 1 aromatic carbocycles. The highest BCUT2D eigenvalue weighted by Gasteiger charge is 2.27. The van der Waals surface area contributed by atoms with Gasteiger partial charge in [-0.3, -0.25) is 16.3 Å². The fourth-order valence-electron chi connectivity index (χ4n) is 3.69. The summed E-state index contributed by atoms with van der Waals surface area (Å²) < 4.78 is 0. The largest absolute Gasteiger partial charge is 0.271 e. The van der Waals surface area contributed by atoms with E-state index in [4.69, 9.17) is 5.84 Å². The number of rotatable bonds is 4. The first kappa shape index (κ1) is 14.5. The second kappa shape index (κ2) is 6.54. The molecule has 112 valence electrons. The number of nitrogens with zero attached hydrogens (tertiary/aromatic N) is 1. The van der Waals surface area contributed by atoms with Crippen molar-refractivity contribution in [1.29, 1.82) is 0 Å². The summed E-state index contributed by atoms with van der Waals surface area (Å²) in [7, 11) is 0. The molecule has 1 aliphatic rings. The van der Waals surface area contributed by atoms with Crippen LogP contribution in [0.15, 0.2) is 36.5 Å². The van der Waals surface area contributed by atoms with Gasteiger partial charge in [-0.2, -0.15) is 0 Å². The van der Waals surface area contributed by atoms with Crippen molar-refractivity contribution >= 4 is 10.9 Å². The van der Waals surface area contributed by atoms with Crippen LogP contribution >= 0.6 is 0 Å². The molecule has 21 heavy (non-hydrogen) atoms. The highest BCUT2D eigenvalue weighted by atomic mass is 15.2. The van der Waals surface area contributed by atoms with Crippen molar-refractivity contribution in [3.63, 3.8) is 0 Å². The van der Waals surface area contributed by atoms with Crippen LogP contribution in [0.3, 0.4) is 0 Å². The Balaban J connectivity index is 1.81. The van der Waals surface area contributed by atoms with E-state index in [9.17, 15) is 0 Å². The number of aromatic nitrogens is 1. The van der Waals surface area contributed by atoms with Crippen LogP contribution in [-0.4, -0.2) is 4.98 Å². The molecule has 0 amide bonds. The first-order chi connectivity index (χ1) is 10.3. The zero-order valence-electron chi connectivity index (χ0n) is 12.8. The molecule has 0 bridgehead atoms. The van der Waals surface area contributed by atoms with E-state index in [1.54, 1.807) is 0 Å². The van der Waals surface area contributed by atoms with E-state index in [0.29, 0.717) is 5.92 Å². The number of hydrogen-bond acceptors (Lipinski definition) is 3. The number of pyridine rings is 1. The normalized spacial score (nSPS) is 24.1. The third-order valence-electron chi connectivity index (χ3n) is 5.09. The maximum atomic E-state index is 5.87. The lowest BCUT2D eigenvalue weighted by Gasteiger charge is -2.33. The summed E-state index contributed by atoms with van der Waals surface area (Å²) >= 11 is 0. The standard InChI is InChI=1S/C18H25N3/c1-2-13-7-9-14(10-8-13)18(21-19)16-11-15-5-3-4-6-17(15)20-12-16/h3-6,11-14,18,21H,2,7-10,19H2,1H3. The Bertz CT molecular complexity index is 588. The van der Waals surface area contributed by atoms with Crippen LogP contribution in [0.25, 0.3) is 10.9 Å². The van der Waals surface area contributed by atoms with Crippen LogP contribution in [0.2, 0.25) is 0 Å². The van der Waals surface area contributed by atoms with Crippen LogP contribution < -0.4 is 11.3 Å². The molecule has 1 aromatic heterocycles. The van der Waals surface area contributed by atoms with Gasteiger partial charge >= 0.3 is 0 Å². The van der Waals surface area contributed by atoms with Gasteiger partial charge in [-0.05, 0) is 42.4 Å². The summed E-state index contributed by atoms with van der Waals surface area (Å²) in [6.07, 6.45) is 8.49. The van der Waals surface area contributed by atoms with Gasteiger partial charge in [0.25, 0.3) is 0 Å². The number of nitrogens with one attached hydrogen (secondary N) is 1. The molecule has 1 saturated carbocycles. The zero-order valence-corrected chi connectivity index (χ0v) is 12.8. The van der Waals surface area contributed by atoms with Crippen molar-refractivity contribution in [2.75, 3.05) is 0 Å². The van der Waals surface area contributed by atoms with Crippen molar-refractivity contribution in [2.24, 2.45) is 17.7 Å². The molecule has 2 aromatic rings. The second-order valence-electron chi connectivity index (χ2n) is 6.29. The van der Waals surface area contributed by atoms with E-state index in [2.05, 4.69) is 41.6 Å². The number of benzene rings is 1. The second-order valence-corrected chi connectivity index (χ2v) is 6.29. The smallest absolute Gasteiger partial charge is 0.0702 e. The summed E-state index contributed by atoms with van der Waals surface area (Å²) in [5.41, 5.74) is 5.31. The molecule has 0 spiro atoms. The highest BCUT2D eigenvalue weighted by molar-refractivity contribution is 5.78. The van der Waals surface area contributed by atoms with Gasteiger partial charge in [-0.15, -0.1) is 0 Å². The Labute approximate surface area is 126 Å². The van der Waals surface area contributed by atoms with Crippen molar-refractivity contribution in [2.45, 2.75) is 45.1 Å². The van der Waals surface area contributed by atoms with Crippen molar-refractivity contribution in [3.05, 3.63) is 42.1 Å². The molecule has 3 nitrogen and oxygen atoms in total. The zero-order chi connectivity index (χ0) is 14.7. The topological polar surface area (TPSA) is 50.9 Å². The Kier molecular flexibility index (Phi) is 4.51. The Morgan fingerprint density at radius 1 is 1.24 bits per heavy atom. The third kappa shape index (κ3) is 3.09. The molecule has 1 heterocycles. The van der Waals surface area contributed by atoms with E-state index in [1.165, 1.54) is 43.1 Å². The first-order valence-electron chi connectivity index (χ1n) is 8.12. The first-order valence-corrected chi connectivity index (χ1v) is 8.12. The highest BCUT2D eigenvalue weighted by Crippen LogP contribution is 2.37. The van der Waals surface area contributed by atoms with Crippen molar-refractivity contribution in [1.82, 2.24) is 10.4 Å². The maximum absolute atomic E-state index is 5.87. The summed E-state index contributed by atoms with van der Waals surface area (Å²) in [5, 5.41) is 1.19. The third-order valence-corrected chi connectivity index (χ3v) is 5.09. The number of hydrazine groups is 1. The lowest BCUT2D eigenvalue weighted by atomic mass is 9.76. The van der Waals surface area contributed by atoms with Crippen LogP contribution in [0, 0.1) is 11.8 Å². The summed E-state index contributed by atoms with van der Waals surface area (Å²) in [4.78, 5) is 4.58. The minimum absolute atomic E-state index is 0.222. The Morgan fingerprint density at radius 2 is 2.00 bits per heavy atom. The van der Waals surface area contributed by atoms with Gasteiger partial charge < -0.3 is 0 Å². The van der Waals surface area contributed by atoms with E-state index in [0.717, 1.165) is 11.4 Å². The average Bonchev–Trinajstić information content (AvgIpc) is 2.56. The van der Waals surface area contributed by atoms with E-state index in [1.807, 2.05) is 12.3 Å². The molecule has 3 N–H and O–H groups in total. The molecule has 0 aliphatic heterocycles. The molecule has 1 aliphatic carbocycles. The lowest BCUT2D eigenvalue weighted by molar-refractivity contribution is 0.219. The summed E-state index contributed by atoms with van der Waals surface area (Å²) in [6, 6.07) is 10.7. The molecule has 0 saturated heterocycles.